The number of rotatable bonds is 6. The van der Waals surface area contributed by atoms with Crippen molar-refractivity contribution in [2.45, 2.75) is 11.8 Å². The highest BCUT2D eigenvalue weighted by molar-refractivity contribution is 7.89. The van der Waals surface area contributed by atoms with Gasteiger partial charge in [-0.2, -0.15) is 18.6 Å². The Labute approximate surface area is 133 Å². The molecule has 0 unspecified atom stereocenters. The van der Waals surface area contributed by atoms with E-state index in [9.17, 15) is 12.8 Å². The lowest BCUT2D eigenvalue weighted by Gasteiger charge is -2.02. The molecule has 0 amide bonds. The third-order valence-corrected chi connectivity index (χ3v) is 3.98. The number of nitrogens with one attached hydrogen (secondary N) is 2. The molecule has 2 aromatic rings. The van der Waals surface area contributed by atoms with Gasteiger partial charge >= 0.3 is 0 Å². The normalized spacial score (nSPS) is 11.9. The first kappa shape index (κ1) is 16.6. The van der Waals surface area contributed by atoms with Gasteiger partial charge in [-0.25, -0.2) is 9.22 Å². The van der Waals surface area contributed by atoms with Crippen LogP contribution in [0.2, 0.25) is 0 Å². The Hall–Kier alpha value is -2.74. The predicted molar refractivity (Wildman–Crippen MR) is 88.5 cm³/mol. The van der Waals surface area contributed by atoms with Gasteiger partial charge in [0.05, 0.1) is 23.0 Å². The van der Waals surface area contributed by atoms with Crippen molar-refractivity contribution in [2.24, 2.45) is 10.2 Å². The molecule has 8 heteroatoms. The molecule has 23 heavy (non-hydrogen) atoms. The van der Waals surface area contributed by atoms with Crippen LogP contribution in [0.25, 0.3) is 0 Å². The van der Waals surface area contributed by atoms with Gasteiger partial charge in [-0.3, -0.25) is 5.43 Å². The van der Waals surface area contributed by atoms with Crippen molar-refractivity contribution in [2.75, 3.05) is 5.43 Å². The van der Waals surface area contributed by atoms with Crippen LogP contribution in [0.15, 0.2) is 63.6 Å². The Kier molecular flexibility index (Phi) is 5.42. The van der Waals surface area contributed by atoms with E-state index in [-0.39, 0.29) is 10.7 Å². The summed E-state index contributed by atoms with van der Waals surface area (Å²) in [5.41, 5.74) is 4.01. The predicted octanol–water partition coefficient (Wildman–Crippen LogP) is 2.50. The van der Waals surface area contributed by atoms with E-state index < -0.39 is 10.0 Å². The number of hydrogen-bond donors (Lipinski definition) is 2. The summed E-state index contributed by atoms with van der Waals surface area (Å²) >= 11 is 0. The van der Waals surface area contributed by atoms with Gasteiger partial charge in [-0.1, -0.05) is 23.8 Å². The van der Waals surface area contributed by atoms with Gasteiger partial charge in [0.25, 0.3) is 10.0 Å². The molecule has 0 spiro atoms. The summed E-state index contributed by atoms with van der Waals surface area (Å²) in [5.74, 6) is -0.385. The number of nitrogens with zero attached hydrogens (tertiary/aromatic N) is 2. The van der Waals surface area contributed by atoms with Crippen LogP contribution < -0.4 is 10.3 Å². The molecule has 2 N–H and O–H groups in total. The lowest BCUT2D eigenvalue weighted by Crippen LogP contribution is -2.18. The highest BCUT2D eigenvalue weighted by Gasteiger charge is 2.11. The molecule has 0 bridgehead atoms. The molecule has 120 valence electrons. The van der Waals surface area contributed by atoms with Crippen LogP contribution in [0.5, 0.6) is 0 Å². The summed E-state index contributed by atoms with van der Waals surface area (Å²) < 4.78 is 36.7. The van der Waals surface area contributed by atoms with Crippen molar-refractivity contribution in [3.63, 3.8) is 0 Å². The maximum atomic E-state index is 12.9. The molecular weight excluding hydrogens is 319 g/mol. The van der Waals surface area contributed by atoms with Gasteiger partial charge in [0, 0.05) is 0 Å². The molecule has 0 saturated heterocycles. The van der Waals surface area contributed by atoms with E-state index >= 15 is 0 Å². The SMILES string of the molecule is Cc1ccc(S(=O)(=O)N/N=C/C=N/Nc2cccc(F)c2)cc1. The Bertz CT molecular complexity index is 818. The highest BCUT2D eigenvalue weighted by Crippen LogP contribution is 2.09. The van der Waals surface area contributed by atoms with E-state index in [0.717, 1.165) is 11.8 Å². The van der Waals surface area contributed by atoms with Gasteiger partial charge in [0.15, 0.2) is 0 Å². The number of sulfonamides is 1. The zero-order valence-corrected chi connectivity index (χ0v) is 13.1. The summed E-state index contributed by atoms with van der Waals surface area (Å²) in [4.78, 5) is 2.19. The molecule has 0 heterocycles. The zero-order valence-electron chi connectivity index (χ0n) is 12.3. The average Bonchev–Trinajstić information content (AvgIpc) is 2.51. The molecule has 0 aliphatic carbocycles. The average molecular weight is 334 g/mol. The van der Waals surface area contributed by atoms with Crippen molar-refractivity contribution >= 4 is 28.1 Å². The smallest absolute Gasteiger partial charge is 0.276 e. The molecule has 0 aliphatic heterocycles. The molecule has 0 atom stereocenters. The van der Waals surface area contributed by atoms with Crippen LogP contribution >= 0.6 is 0 Å². The van der Waals surface area contributed by atoms with E-state index in [2.05, 4.69) is 20.5 Å². The van der Waals surface area contributed by atoms with Gasteiger partial charge < -0.3 is 0 Å². The Morgan fingerprint density at radius 1 is 1.04 bits per heavy atom. The van der Waals surface area contributed by atoms with Crippen molar-refractivity contribution < 1.29 is 12.8 Å². The first-order valence-corrected chi connectivity index (χ1v) is 8.10. The fraction of sp³-hybridized carbons (Fsp3) is 0.0667. The summed E-state index contributed by atoms with van der Waals surface area (Å²) in [5, 5.41) is 7.33. The third-order valence-electron chi connectivity index (χ3n) is 2.74. The second kappa shape index (κ2) is 7.50. The van der Waals surface area contributed by atoms with E-state index in [1.165, 1.54) is 36.5 Å². The Balaban J connectivity index is 1.88. The first-order valence-electron chi connectivity index (χ1n) is 6.62. The third kappa shape index (κ3) is 5.19. The minimum absolute atomic E-state index is 0.120. The van der Waals surface area contributed by atoms with Gasteiger partial charge in [-0.15, -0.1) is 0 Å². The summed E-state index contributed by atoms with van der Waals surface area (Å²) in [6, 6.07) is 12.1. The highest BCUT2D eigenvalue weighted by atomic mass is 32.2. The van der Waals surface area contributed by atoms with Gasteiger partial charge in [-0.05, 0) is 37.3 Å². The second-order valence-electron chi connectivity index (χ2n) is 4.59. The molecule has 2 aromatic carbocycles. The lowest BCUT2D eigenvalue weighted by molar-refractivity contribution is 0.584. The molecule has 0 aliphatic rings. The van der Waals surface area contributed by atoms with Crippen molar-refractivity contribution in [3.05, 3.63) is 59.9 Å². The number of benzene rings is 2. The van der Waals surface area contributed by atoms with Crippen molar-refractivity contribution in [3.8, 4) is 0 Å². The number of anilines is 1. The largest absolute Gasteiger partial charge is 0.278 e. The molecule has 6 nitrogen and oxygen atoms in total. The van der Waals surface area contributed by atoms with Crippen LogP contribution in [0.1, 0.15) is 5.56 Å². The summed E-state index contributed by atoms with van der Waals surface area (Å²) in [6.07, 6.45) is 2.40. The van der Waals surface area contributed by atoms with Crippen LogP contribution in [0, 0.1) is 12.7 Å². The van der Waals surface area contributed by atoms with E-state index in [1.807, 2.05) is 6.92 Å². The maximum absolute atomic E-state index is 12.9. The second-order valence-corrected chi connectivity index (χ2v) is 6.25. The molecule has 0 saturated carbocycles. The number of hydrazone groups is 2. The van der Waals surface area contributed by atoms with Crippen LogP contribution in [-0.4, -0.2) is 20.8 Å². The molecule has 2 rings (SSSR count). The first-order chi connectivity index (χ1) is 11.0. The van der Waals surface area contributed by atoms with E-state index in [1.54, 1.807) is 18.2 Å². The molecule has 0 aromatic heterocycles. The van der Waals surface area contributed by atoms with Gasteiger partial charge in [0.1, 0.15) is 5.82 Å². The van der Waals surface area contributed by atoms with Crippen LogP contribution in [0.3, 0.4) is 0 Å². The Morgan fingerprint density at radius 2 is 1.74 bits per heavy atom. The van der Waals surface area contributed by atoms with Crippen LogP contribution in [-0.2, 0) is 10.0 Å². The fourth-order valence-electron chi connectivity index (χ4n) is 1.61. The van der Waals surface area contributed by atoms with Gasteiger partial charge in [0.2, 0.25) is 0 Å². The minimum Gasteiger partial charge on any atom is -0.278 e. The number of hydrogen-bond acceptors (Lipinski definition) is 5. The molecular formula is C15H15FN4O2S. The zero-order chi connectivity index (χ0) is 16.7. The molecule has 0 fully saturated rings. The minimum atomic E-state index is -3.70. The summed E-state index contributed by atoms with van der Waals surface area (Å²) in [7, 11) is -3.70. The van der Waals surface area contributed by atoms with Crippen molar-refractivity contribution in [1.29, 1.82) is 0 Å². The molecule has 0 radical (unpaired) electrons. The summed E-state index contributed by atoms with van der Waals surface area (Å²) in [6.45, 7) is 1.87. The van der Waals surface area contributed by atoms with E-state index in [4.69, 9.17) is 0 Å². The maximum Gasteiger partial charge on any atom is 0.276 e. The fourth-order valence-corrected chi connectivity index (χ4v) is 2.41. The van der Waals surface area contributed by atoms with Crippen molar-refractivity contribution in [1.82, 2.24) is 4.83 Å². The number of aryl methyl sites for hydroxylation is 1. The number of halogens is 1. The Morgan fingerprint density at radius 3 is 2.43 bits per heavy atom. The standard InChI is InChI=1S/C15H15FN4O2S/c1-12-5-7-15(8-6-12)23(21,22)20-18-10-9-17-19-14-4-2-3-13(16)11-14/h2-11,19-20H,1H3/b17-9+,18-10+. The van der Waals surface area contributed by atoms with E-state index in [0.29, 0.717) is 5.69 Å². The lowest BCUT2D eigenvalue weighted by atomic mass is 10.2. The monoisotopic (exact) mass is 334 g/mol. The van der Waals surface area contributed by atoms with Crippen LogP contribution in [0.4, 0.5) is 10.1 Å². The topological polar surface area (TPSA) is 82.9 Å². The quantitative estimate of drug-likeness (QED) is 0.629.